The molecule has 1 aromatic heterocycles. The average Bonchev–Trinajstić information content (AvgIpc) is 2.66. The zero-order valence-electron chi connectivity index (χ0n) is 9.80. The van der Waals surface area contributed by atoms with Crippen molar-refractivity contribution in [3.8, 4) is 0 Å². The predicted octanol–water partition coefficient (Wildman–Crippen LogP) is -0.606. The number of aliphatic hydroxyl groups excluding tert-OH is 1. The van der Waals surface area contributed by atoms with Gasteiger partial charge in [0, 0.05) is 19.8 Å². The molecule has 3 N–H and O–H groups in total. The minimum Gasteiger partial charge on any atom is -0.396 e. The molecule has 7 nitrogen and oxygen atoms in total. The van der Waals surface area contributed by atoms with Gasteiger partial charge in [0.15, 0.2) is 5.03 Å². The van der Waals surface area contributed by atoms with Crippen LogP contribution in [-0.4, -0.2) is 49.9 Å². The number of hydrogen-bond donors (Lipinski definition) is 3. The zero-order chi connectivity index (χ0) is 12.9. The third-order valence-electron chi connectivity index (χ3n) is 2.14. The molecule has 0 saturated carbocycles. The molecular weight excluding hydrogens is 246 g/mol. The van der Waals surface area contributed by atoms with Gasteiger partial charge in [-0.3, -0.25) is 0 Å². The molecule has 0 aliphatic carbocycles. The van der Waals surface area contributed by atoms with E-state index in [-0.39, 0.29) is 18.2 Å². The van der Waals surface area contributed by atoms with E-state index in [0.717, 1.165) is 0 Å². The fourth-order valence-electron chi connectivity index (χ4n) is 1.35. The number of imidazole rings is 1. The number of methoxy groups -OCH3 is 1. The molecule has 0 spiro atoms. The highest BCUT2D eigenvalue weighted by Crippen LogP contribution is 2.07. The first-order chi connectivity index (χ1) is 7.99. The highest BCUT2D eigenvalue weighted by atomic mass is 32.2. The summed E-state index contributed by atoms with van der Waals surface area (Å²) in [5.74, 6) is 0.524. The number of nitrogens with one attached hydrogen (secondary N) is 2. The van der Waals surface area contributed by atoms with Gasteiger partial charge in [-0.2, -0.15) is 0 Å². The summed E-state index contributed by atoms with van der Waals surface area (Å²) in [6.45, 7) is 1.75. The molecule has 0 aliphatic heterocycles. The van der Waals surface area contributed by atoms with Gasteiger partial charge < -0.3 is 14.8 Å². The molecule has 1 atom stereocenters. The number of aliphatic hydroxyl groups is 1. The summed E-state index contributed by atoms with van der Waals surface area (Å²) in [6.07, 6.45) is 1.54. The van der Waals surface area contributed by atoms with Crippen molar-refractivity contribution in [1.82, 2.24) is 14.7 Å². The molecule has 0 aliphatic rings. The van der Waals surface area contributed by atoms with Crippen molar-refractivity contribution in [3.63, 3.8) is 0 Å². The lowest BCUT2D eigenvalue weighted by molar-refractivity contribution is 0.158. The van der Waals surface area contributed by atoms with Crippen LogP contribution in [0.3, 0.4) is 0 Å². The normalized spacial score (nSPS) is 13.8. The first kappa shape index (κ1) is 14.1. The molecule has 1 rings (SSSR count). The van der Waals surface area contributed by atoms with Gasteiger partial charge >= 0.3 is 0 Å². The Morgan fingerprint density at radius 1 is 1.65 bits per heavy atom. The monoisotopic (exact) mass is 263 g/mol. The average molecular weight is 263 g/mol. The Morgan fingerprint density at radius 2 is 2.35 bits per heavy atom. The summed E-state index contributed by atoms with van der Waals surface area (Å²) < 4.78 is 31.1. The Labute approximate surface area is 100 Å². The summed E-state index contributed by atoms with van der Waals surface area (Å²) in [5.41, 5.74) is 0. The lowest BCUT2D eigenvalue weighted by Gasteiger charge is -2.15. The van der Waals surface area contributed by atoms with Crippen LogP contribution in [0.4, 0.5) is 0 Å². The predicted molar refractivity (Wildman–Crippen MR) is 61.0 cm³/mol. The molecule has 0 aromatic carbocycles. The Bertz CT molecular complexity index is 437. The first-order valence-corrected chi connectivity index (χ1v) is 6.61. The fraction of sp³-hybridized carbons (Fsp3) is 0.667. The van der Waals surface area contributed by atoms with Crippen LogP contribution >= 0.6 is 0 Å². The van der Waals surface area contributed by atoms with Crippen LogP contribution in [-0.2, 0) is 14.8 Å². The smallest absolute Gasteiger partial charge is 0.257 e. The van der Waals surface area contributed by atoms with Crippen LogP contribution in [0.15, 0.2) is 11.2 Å². The lowest BCUT2D eigenvalue weighted by Crippen LogP contribution is -2.38. The Balaban J connectivity index is 2.77. The van der Waals surface area contributed by atoms with Crippen LogP contribution in [0.25, 0.3) is 0 Å². The number of hydrogen-bond acceptors (Lipinski definition) is 5. The first-order valence-electron chi connectivity index (χ1n) is 5.13. The van der Waals surface area contributed by atoms with Crippen LogP contribution in [0.2, 0.25) is 0 Å². The van der Waals surface area contributed by atoms with Crippen molar-refractivity contribution in [2.45, 2.75) is 24.4 Å². The molecule has 1 unspecified atom stereocenters. The van der Waals surface area contributed by atoms with Gasteiger partial charge in [-0.25, -0.2) is 18.1 Å². The highest BCUT2D eigenvalue weighted by Gasteiger charge is 2.21. The molecule has 8 heteroatoms. The minimum absolute atomic E-state index is 0.00837. The second-order valence-electron chi connectivity index (χ2n) is 3.62. The highest BCUT2D eigenvalue weighted by molar-refractivity contribution is 7.89. The quantitative estimate of drug-likeness (QED) is 0.609. The van der Waals surface area contributed by atoms with E-state index in [1.54, 1.807) is 6.92 Å². The van der Waals surface area contributed by atoms with Crippen molar-refractivity contribution in [1.29, 1.82) is 0 Å². The second kappa shape index (κ2) is 6.10. The molecule has 1 heterocycles. The van der Waals surface area contributed by atoms with Crippen LogP contribution < -0.4 is 4.72 Å². The van der Waals surface area contributed by atoms with E-state index in [1.807, 2.05) is 0 Å². The van der Waals surface area contributed by atoms with Crippen molar-refractivity contribution in [2.24, 2.45) is 0 Å². The summed E-state index contributed by atoms with van der Waals surface area (Å²) in [6, 6.07) is -0.460. The number of H-pyrrole nitrogens is 1. The van der Waals surface area contributed by atoms with E-state index in [1.165, 1.54) is 13.3 Å². The maximum atomic E-state index is 11.9. The van der Waals surface area contributed by atoms with Crippen molar-refractivity contribution in [2.75, 3.05) is 20.3 Å². The van der Waals surface area contributed by atoms with E-state index in [0.29, 0.717) is 12.2 Å². The van der Waals surface area contributed by atoms with Crippen LogP contribution in [0, 0.1) is 6.92 Å². The summed E-state index contributed by atoms with van der Waals surface area (Å²) >= 11 is 0. The molecule has 0 bridgehead atoms. The van der Waals surface area contributed by atoms with E-state index >= 15 is 0 Å². The number of aryl methyl sites for hydroxylation is 1. The van der Waals surface area contributed by atoms with Crippen LogP contribution in [0.5, 0.6) is 0 Å². The summed E-state index contributed by atoms with van der Waals surface area (Å²) in [4.78, 5) is 6.47. The summed E-state index contributed by atoms with van der Waals surface area (Å²) in [7, 11) is -2.17. The Morgan fingerprint density at radius 3 is 2.82 bits per heavy atom. The lowest BCUT2D eigenvalue weighted by atomic mass is 10.2. The van der Waals surface area contributed by atoms with Gasteiger partial charge in [0.1, 0.15) is 5.82 Å². The van der Waals surface area contributed by atoms with Crippen molar-refractivity contribution >= 4 is 10.0 Å². The van der Waals surface area contributed by atoms with Gasteiger partial charge in [-0.1, -0.05) is 0 Å². The molecule has 0 radical (unpaired) electrons. The number of aromatic nitrogens is 2. The number of nitrogens with zero attached hydrogens (tertiary/aromatic N) is 1. The molecule has 98 valence electrons. The van der Waals surface area contributed by atoms with Crippen molar-refractivity contribution < 1.29 is 18.3 Å². The maximum Gasteiger partial charge on any atom is 0.257 e. The SMILES string of the molecule is COCC(CCO)NS(=O)(=O)c1cnc(C)[nH]1. The number of rotatable bonds is 7. The number of sulfonamides is 1. The third kappa shape index (κ3) is 4.08. The van der Waals surface area contributed by atoms with Crippen molar-refractivity contribution in [3.05, 3.63) is 12.0 Å². The molecule has 0 saturated heterocycles. The Kier molecular flexibility index (Phi) is 5.06. The van der Waals surface area contributed by atoms with E-state index in [2.05, 4.69) is 14.7 Å². The van der Waals surface area contributed by atoms with Gasteiger partial charge in [0.25, 0.3) is 10.0 Å². The summed E-state index contributed by atoms with van der Waals surface area (Å²) in [5, 5.41) is 8.83. The van der Waals surface area contributed by atoms with Gasteiger partial charge in [-0.15, -0.1) is 0 Å². The molecule has 17 heavy (non-hydrogen) atoms. The number of ether oxygens (including phenoxy) is 1. The fourth-order valence-corrected chi connectivity index (χ4v) is 2.58. The Hall–Kier alpha value is -0.960. The van der Waals surface area contributed by atoms with E-state index in [4.69, 9.17) is 9.84 Å². The molecule has 0 fully saturated rings. The zero-order valence-corrected chi connectivity index (χ0v) is 10.6. The van der Waals surface area contributed by atoms with E-state index < -0.39 is 16.1 Å². The van der Waals surface area contributed by atoms with Gasteiger partial charge in [0.05, 0.1) is 12.8 Å². The van der Waals surface area contributed by atoms with Gasteiger partial charge in [0.2, 0.25) is 0 Å². The molecule has 0 amide bonds. The van der Waals surface area contributed by atoms with Crippen LogP contribution in [0.1, 0.15) is 12.2 Å². The van der Waals surface area contributed by atoms with E-state index in [9.17, 15) is 8.42 Å². The standard InChI is InChI=1S/C9H17N3O4S/c1-7-10-5-9(11-7)17(14,15)12-8(3-4-13)6-16-2/h5,8,12-13H,3-4,6H2,1-2H3,(H,10,11). The second-order valence-corrected chi connectivity index (χ2v) is 5.30. The third-order valence-corrected chi connectivity index (χ3v) is 3.57. The largest absolute Gasteiger partial charge is 0.396 e. The topological polar surface area (TPSA) is 104 Å². The minimum atomic E-state index is -3.64. The number of aromatic amines is 1. The maximum absolute atomic E-state index is 11.9. The molecule has 1 aromatic rings. The molecular formula is C9H17N3O4S. The van der Waals surface area contributed by atoms with Gasteiger partial charge in [-0.05, 0) is 13.3 Å².